The summed E-state index contributed by atoms with van der Waals surface area (Å²) in [5.41, 5.74) is 3.01. The molecule has 4 heteroatoms. The van der Waals surface area contributed by atoms with E-state index in [-0.39, 0.29) is 11.8 Å². The van der Waals surface area contributed by atoms with E-state index in [2.05, 4.69) is 31.1 Å². The fourth-order valence-electron chi connectivity index (χ4n) is 0.946. The summed E-state index contributed by atoms with van der Waals surface area (Å²) in [6, 6.07) is 0. The van der Waals surface area contributed by atoms with E-state index >= 15 is 0 Å². The molecule has 0 aromatic carbocycles. The maximum absolute atomic E-state index is 11.3. The van der Waals surface area contributed by atoms with Crippen molar-refractivity contribution in [3.8, 4) is 11.5 Å². The predicted molar refractivity (Wildman–Crippen MR) is 66.6 cm³/mol. The molecule has 0 radical (unpaired) electrons. The molecular formula is C12H20O3Si. The lowest BCUT2D eigenvalue weighted by Gasteiger charge is -2.03. The third kappa shape index (κ3) is 9.47. The Balaban J connectivity index is 3.82. The van der Waals surface area contributed by atoms with Gasteiger partial charge in [-0.2, -0.15) is 0 Å². The Morgan fingerprint density at radius 2 is 1.81 bits per heavy atom. The van der Waals surface area contributed by atoms with Crippen LogP contribution >= 0.6 is 0 Å². The highest BCUT2D eigenvalue weighted by Crippen LogP contribution is 2.00. The summed E-state index contributed by atoms with van der Waals surface area (Å²) in [7, 11) is -1.47. The summed E-state index contributed by atoms with van der Waals surface area (Å²) in [5, 5.41) is 0. The summed E-state index contributed by atoms with van der Waals surface area (Å²) in [4.78, 5) is 22.3. The van der Waals surface area contributed by atoms with Gasteiger partial charge in [0.2, 0.25) is 5.78 Å². The smallest absolute Gasteiger partial charge is 0.305 e. The van der Waals surface area contributed by atoms with E-state index in [0.717, 1.165) is 0 Å². The van der Waals surface area contributed by atoms with Crippen molar-refractivity contribution in [1.29, 1.82) is 0 Å². The van der Waals surface area contributed by atoms with Crippen molar-refractivity contribution >= 4 is 19.8 Å². The van der Waals surface area contributed by atoms with Gasteiger partial charge in [-0.3, -0.25) is 9.59 Å². The summed E-state index contributed by atoms with van der Waals surface area (Å²) >= 11 is 0. The van der Waals surface area contributed by atoms with Crippen molar-refractivity contribution in [1.82, 2.24) is 0 Å². The van der Waals surface area contributed by atoms with Gasteiger partial charge >= 0.3 is 5.97 Å². The van der Waals surface area contributed by atoms with Gasteiger partial charge in [-0.1, -0.05) is 19.6 Å². The Bertz CT molecular complexity index is 304. The fraction of sp³-hybridized carbons (Fsp3) is 0.667. The van der Waals surface area contributed by atoms with E-state index in [9.17, 15) is 9.59 Å². The van der Waals surface area contributed by atoms with Crippen molar-refractivity contribution in [2.75, 3.05) is 6.61 Å². The minimum atomic E-state index is -1.47. The highest BCUT2D eigenvalue weighted by Gasteiger charge is 2.09. The second-order valence-corrected chi connectivity index (χ2v) is 9.33. The quantitative estimate of drug-likeness (QED) is 0.420. The molecule has 16 heavy (non-hydrogen) atoms. The van der Waals surface area contributed by atoms with Crippen molar-refractivity contribution in [2.24, 2.45) is 0 Å². The third-order valence-electron chi connectivity index (χ3n) is 1.67. The molecule has 0 amide bonds. The summed E-state index contributed by atoms with van der Waals surface area (Å²) in [5.74, 6) is 2.33. The second-order valence-electron chi connectivity index (χ2n) is 4.58. The molecule has 0 aliphatic carbocycles. The zero-order chi connectivity index (χ0) is 12.6. The molecule has 0 rings (SSSR count). The molecule has 0 fully saturated rings. The van der Waals surface area contributed by atoms with Crippen LogP contribution < -0.4 is 0 Å². The Morgan fingerprint density at radius 3 is 2.31 bits per heavy atom. The topological polar surface area (TPSA) is 43.4 Å². The monoisotopic (exact) mass is 240 g/mol. The molecule has 0 saturated heterocycles. The van der Waals surface area contributed by atoms with Gasteiger partial charge in [0.05, 0.1) is 6.61 Å². The van der Waals surface area contributed by atoms with Gasteiger partial charge in [0, 0.05) is 12.8 Å². The summed E-state index contributed by atoms with van der Waals surface area (Å²) in [6.45, 7) is 8.42. The molecule has 0 atom stereocenters. The first-order chi connectivity index (χ1) is 7.35. The number of ketones is 1. The van der Waals surface area contributed by atoms with Gasteiger partial charge in [0.25, 0.3) is 0 Å². The average molecular weight is 240 g/mol. The van der Waals surface area contributed by atoms with E-state index in [0.29, 0.717) is 25.9 Å². The highest BCUT2D eigenvalue weighted by atomic mass is 28.3. The number of Topliss-reactive ketones (excluding diaryl/α,β-unsaturated/α-hetero) is 1. The number of esters is 1. The van der Waals surface area contributed by atoms with E-state index in [1.807, 2.05) is 0 Å². The second kappa shape index (κ2) is 7.23. The zero-order valence-electron chi connectivity index (χ0n) is 10.6. The molecule has 0 aromatic heterocycles. The Kier molecular flexibility index (Phi) is 6.74. The van der Waals surface area contributed by atoms with Crippen LogP contribution in [-0.4, -0.2) is 26.4 Å². The van der Waals surface area contributed by atoms with Crippen molar-refractivity contribution in [3.63, 3.8) is 0 Å². The number of rotatable bonds is 5. The predicted octanol–water partition coefficient (Wildman–Crippen LogP) is 2.17. The maximum atomic E-state index is 11.3. The Morgan fingerprint density at radius 1 is 1.19 bits per heavy atom. The van der Waals surface area contributed by atoms with Crippen LogP contribution in [0.2, 0.25) is 19.6 Å². The molecule has 0 unspecified atom stereocenters. The van der Waals surface area contributed by atoms with Gasteiger partial charge in [0.15, 0.2) is 0 Å². The van der Waals surface area contributed by atoms with Crippen LogP contribution in [0.4, 0.5) is 0 Å². The molecule has 0 spiro atoms. The molecule has 90 valence electrons. The Labute approximate surface area is 98.6 Å². The van der Waals surface area contributed by atoms with Crippen molar-refractivity contribution in [2.45, 2.75) is 45.8 Å². The van der Waals surface area contributed by atoms with Crippen molar-refractivity contribution in [3.05, 3.63) is 0 Å². The van der Waals surface area contributed by atoms with E-state index in [4.69, 9.17) is 4.74 Å². The van der Waals surface area contributed by atoms with Crippen LogP contribution in [0.15, 0.2) is 0 Å². The number of carbonyl (C=O) groups is 2. The first-order valence-electron chi connectivity index (χ1n) is 5.57. The molecular weight excluding hydrogens is 220 g/mol. The first kappa shape index (κ1) is 14.9. The van der Waals surface area contributed by atoms with Gasteiger partial charge in [0.1, 0.15) is 8.07 Å². The maximum Gasteiger partial charge on any atom is 0.305 e. The number of hydrogen-bond acceptors (Lipinski definition) is 3. The summed E-state index contributed by atoms with van der Waals surface area (Å²) < 4.78 is 4.76. The molecule has 0 heterocycles. The SMILES string of the molecule is CCOC(=O)CCCC(=O)C#C[Si](C)(C)C. The van der Waals surface area contributed by atoms with Crippen LogP contribution in [0.1, 0.15) is 26.2 Å². The molecule has 3 nitrogen and oxygen atoms in total. The van der Waals surface area contributed by atoms with Crippen LogP contribution in [0.5, 0.6) is 0 Å². The van der Waals surface area contributed by atoms with Crippen LogP contribution in [-0.2, 0) is 14.3 Å². The lowest BCUT2D eigenvalue weighted by Crippen LogP contribution is -2.17. The largest absolute Gasteiger partial charge is 0.466 e. The minimum Gasteiger partial charge on any atom is -0.466 e. The zero-order valence-corrected chi connectivity index (χ0v) is 11.6. The fourth-order valence-corrected chi connectivity index (χ4v) is 1.46. The molecule has 0 N–H and O–H groups in total. The third-order valence-corrected chi connectivity index (χ3v) is 2.54. The molecule has 0 saturated carbocycles. The molecule has 0 aliphatic heterocycles. The van der Waals surface area contributed by atoms with Crippen LogP contribution in [0.25, 0.3) is 0 Å². The highest BCUT2D eigenvalue weighted by molar-refractivity contribution is 6.84. The molecule has 0 aliphatic rings. The normalized spacial score (nSPS) is 10.2. The van der Waals surface area contributed by atoms with Gasteiger partial charge in [-0.25, -0.2) is 0 Å². The average Bonchev–Trinajstić information content (AvgIpc) is 2.14. The van der Waals surface area contributed by atoms with E-state index in [1.54, 1.807) is 6.92 Å². The standard InChI is InChI=1S/C12H20O3Si/c1-5-15-12(14)8-6-7-11(13)9-10-16(2,3)4/h5-8H2,1-4H3. The molecule has 0 aromatic rings. The lowest BCUT2D eigenvalue weighted by molar-refractivity contribution is -0.143. The number of carbonyl (C=O) groups excluding carboxylic acids is 2. The molecule has 0 bridgehead atoms. The van der Waals surface area contributed by atoms with Crippen molar-refractivity contribution < 1.29 is 14.3 Å². The number of hydrogen-bond donors (Lipinski definition) is 0. The lowest BCUT2D eigenvalue weighted by atomic mass is 10.2. The van der Waals surface area contributed by atoms with Gasteiger partial charge in [-0.15, -0.1) is 5.54 Å². The van der Waals surface area contributed by atoms with E-state index < -0.39 is 8.07 Å². The van der Waals surface area contributed by atoms with Crippen LogP contribution in [0.3, 0.4) is 0 Å². The Hall–Kier alpha value is -1.08. The van der Waals surface area contributed by atoms with Crippen LogP contribution in [0, 0.1) is 11.5 Å². The number of ether oxygens (including phenoxy) is 1. The minimum absolute atomic E-state index is 0.0771. The summed E-state index contributed by atoms with van der Waals surface area (Å²) in [6.07, 6.45) is 1.17. The first-order valence-corrected chi connectivity index (χ1v) is 9.07. The van der Waals surface area contributed by atoms with E-state index in [1.165, 1.54) is 0 Å². The van der Waals surface area contributed by atoms with Gasteiger partial charge < -0.3 is 4.74 Å². The van der Waals surface area contributed by atoms with Gasteiger partial charge in [-0.05, 0) is 19.3 Å².